The number of benzene rings is 6. The van der Waals surface area contributed by atoms with Crippen molar-refractivity contribution in [3.05, 3.63) is 133 Å². The predicted molar refractivity (Wildman–Crippen MR) is 342 cm³/mol. The van der Waals surface area contributed by atoms with Crippen molar-refractivity contribution >= 4 is 22.3 Å². The number of rotatable bonds is 7. The Balaban J connectivity index is 2.07. The molecule has 0 saturated carbocycles. The van der Waals surface area contributed by atoms with E-state index < -0.39 is 27.8 Å². The molecule has 0 fully saturated rings. The highest BCUT2D eigenvalue weighted by Gasteiger charge is 2.46. The van der Waals surface area contributed by atoms with Gasteiger partial charge in [0.2, 0.25) is 8.38 Å². The topological polar surface area (TPSA) is 69.9 Å². The molecule has 0 saturated heterocycles. The normalized spacial score (nSPS) is 14.2. The number of fused-ring (bicyclic) bond motifs is 4. The third kappa shape index (κ3) is 11.5. The molecule has 6 aromatic rings. The van der Waals surface area contributed by atoms with Gasteiger partial charge in [-0.1, -0.05) is 255 Å². The molecule has 6 heteroatoms. The Morgan fingerprint density at radius 2 is 0.500 bits per heavy atom. The fraction of sp³-hybridized carbons (Fsp3) is 0.500. The van der Waals surface area contributed by atoms with Crippen molar-refractivity contribution < 1.29 is 19.0 Å². The minimum Gasteiger partial charge on any atom is -0.346 e. The van der Waals surface area contributed by atoms with Crippen molar-refractivity contribution in [3.8, 4) is 66.8 Å². The Bertz CT molecular complexity index is 3200. The fourth-order valence-corrected chi connectivity index (χ4v) is 14.2. The summed E-state index contributed by atoms with van der Waals surface area (Å²) in [5, 5.41) is 0.623. The summed E-state index contributed by atoms with van der Waals surface area (Å²) >= 11 is 0. The van der Waals surface area contributed by atoms with Crippen LogP contribution in [0.1, 0.15) is 233 Å². The summed E-state index contributed by atoms with van der Waals surface area (Å²) < 4.78 is 6.29. The molecule has 4 nitrogen and oxygen atoms in total. The largest absolute Gasteiger partial charge is 0.346 e. The van der Waals surface area contributed by atoms with Gasteiger partial charge in [-0.2, -0.15) is 0 Å². The zero-order valence-electron chi connectivity index (χ0n) is 53.5. The lowest BCUT2D eigenvalue weighted by Gasteiger charge is -2.43. The molecular weight excluding hydrogens is 991 g/mol. The van der Waals surface area contributed by atoms with E-state index in [9.17, 15) is 14.7 Å². The van der Waals surface area contributed by atoms with Gasteiger partial charge < -0.3 is 14.7 Å². The number of hydrogen-bond donors (Lipinski definition) is 3. The molecule has 3 N–H and O–H groups in total. The third-order valence-electron chi connectivity index (χ3n) is 16.0. The second-order valence-corrected chi connectivity index (χ2v) is 33.7. The molecule has 1 atom stereocenters. The van der Waals surface area contributed by atoms with Crippen LogP contribution in [0.15, 0.2) is 66.7 Å². The molecular formula is C72H98O4P2. The molecule has 0 spiro atoms. The van der Waals surface area contributed by atoms with Gasteiger partial charge in [0.1, 0.15) is 0 Å². The Hall–Kier alpha value is -3.98. The van der Waals surface area contributed by atoms with Gasteiger partial charge in [-0.15, -0.1) is 0 Å². The van der Waals surface area contributed by atoms with E-state index in [1.807, 2.05) is 0 Å². The Morgan fingerprint density at radius 3 is 0.756 bits per heavy atom. The highest BCUT2D eigenvalue weighted by molar-refractivity contribution is 7.63. The van der Waals surface area contributed by atoms with Gasteiger partial charge in [0.15, 0.2) is 0 Å². The van der Waals surface area contributed by atoms with E-state index in [1.54, 1.807) is 0 Å². The highest BCUT2D eigenvalue weighted by atomic mass is 31.2. The van der Waals surface area contributed by atoms with Gasteiger partial charge in [0, 0.05) is 16.4 Å². The highest BCUT2D eigenvalue weighted by Crippen LogP contribution is 2.67. The molecule has 0 bridgehead atoms. The first-order valence-electron chi connectivity index (χ1n) is 28.6. The molecule has 0 aliphatic heterocycles. The molecule has 0 aromatic heterocycles. The molecule has 420 valence electrons. The minimum absolute atomic E-state index is 0.232. The monoisotopic (exact) mass is 1090 g/mol. The van der Waals surface area contributed by atoms with Crippen LogP contribution in [0.2, 0.25) is 0 Å². The van der Waals surface area contributed by atoms with Crippen molar-refractivity contribution in [1.82, 2.24) is 0 Å². The molecule has 78 heavy (non-hydrogen) atoms. The summed E-state index contributed by atoms with van der Waals surface area (Å²) in [6.07, 6.45) is 0. The zero-order chi connectivity index (χ0) is 59.1. The second-order valence-electron chi connectivity index (χ2n) is 31.5. The summed E-state index contributed by atoms with van der Waals surface area (Å²) in [6, 6.07) is 26.1. The lowest BCUT2D eigenvalue weighted by Crippen LogP contribution is -2.28. The van der Waals surface area contributed by atoms with Crippen LogP contribution in [-0.2, 0) is 47.6 Å². The van der Waals surface area contributed by atoms with E-state index in [0.29, 0.717) is 5.30 Å². The zero-order valence-corrected chi connectivity index (χ0v) is 55.3. The van der Waals surface area contributed by atoms with E-state index in [-0.39, 0.29) is 32.5 Å². The van der Waals surface area contributed by atoms with E-state index >= 15 is 0 Å². The predicted octanol–water partition coefficient (Wildman–Crippen LogP) is 20.8. The Morgan fingerprint density at radius 1 is 0.282 bits per heavy atom. The van der Waals surface area contributed by atoms with Crippen LogP contribution in [0.5, 0.6) is 0 Å². The standard InChI is InChI=1S/C72H98O4P2/c1-40-32-46(65(5,6)7)55(47(33-40)66(8,9)10)44-30-29-31-45-54(44)62-56(45)60(57-48(67(11,12)13)34-41(2)35-49(57)68(14,15)16)61(58-50(69(17,18)19)36-42(3)37-51(58)70(20,21)22)63(64(62)77(73)76-78(74)75)59-52(71(23,24)25)38-43(4)39-53(59)72(26,27)28/h29-39,73-75H,1-28H3. The van der Waals surface area contributed by atoms with Crippen molar-refractivity contribution in [2.24, 2.45) is 0 Å². The third-order valence-corrected chi connectivity index (χ3v) is 18.0. The average Bonchev–Trinajstić information content (AvgIpc) is 3.23. The van der Waals surface area contributed by atoms with Crippen LogP contribution in [0.25, 0.3) is 66.8 Å². The van der Waals surface area contributed by atoms with E-state index in [2.05, 4.69) is 261 Å². The maximum absolute atomic E-state index is 13.7. The molecule has 1 aliphatic rings. The smallest absolute Gasteiger partial charge is 0.332 e. The van der Waals surface area contributed by atoms with Crippen LogP contribution < -0.4 is 5.30 Å². The summed E-state index contributed by atoms with van der Waals surface area (Å²) in [5.41, 5.74) is 25.0. The molecule has 1 aliphatic carbocycles. The van der Waals surface area contributed by atoms with Gasteiger partial charge in [-0.25, -0.2) is 0 Å². The van der Waals surface area contributed by atoms with E-state index in [1.165, 1.54) is 66.8 Å². The van der Waals surface area contributed by atoms with Gasteiger partial charge in [-0.3, -0.25) is 4.31 Å². The van der Waals surface area contributed by atoms with E-state index in [4.69, 9.17) is 4.31 Å². The number of hydrogen-bond acceptors (Lipinski definition) is 4. The molecule has 0 radical (unpaired) electrons. The Labute approximate surface area is 476 Å². The van der Waals surface area contributed by atoms with Gasteiger partial charge >= 0.3 is 8.60 Å². The lowest BCUT2D eigenvalue weighted by molar-refractivity contribution is 0.372. The molecule has 1 unspecified atom stereocenters. The molecule has 0 heterocycles. The lowest BCUT2D eigenvalue weighted by atomic mass is 9.62. The summed E-state index contributed by atoms with van der Waals surface area (Å²) in [6.45, 7) is 64.9. The first-order valence-corrected chi connectivity index (χ1v) is 30.9. The average molecular weight is 1090 g/mol. The molecule has 6 aromatic carbocycles. The van der Waals surface area contributed by atoms with Gasteiger partial charge in [0.25, 0.3) is 0 Å². The minimum atomic E-state index is -3.01. The summed E-state index contributed by atoms with van der Waals surface area (Å²) in [7, 11) is -5.73. The van der Waals surface area contributed by atoms with Crippen LogP contribution >= 0.6 is 17.0 Å². The van der Waals surface area contributed by atoms with E-state index in [0.717, 1.165) is 66.8 Å². The van der Waals surface area contributed by atoms with Crippen LogP contribution in [0.4, 0.5) is 0 Å². The maximum atomic E-state index is 13.7. The quantitative estimate of drug-likeness (QED) is 0.139. The molecule has 7 rings (SSSR count). The summed E-state index contributed by atoms with van der Waals surface area (Å²) in [5.74, 6) is 0. The first kappa shape index (κ1) is 61.6. The number of aryl methyl sites for hydroxylation is 4. The van der Waals surface area contributed by atoms with Crippen molar-refractivity contribution in [2.45, 2.75) is 237 Å². The molecule has 0 amide bonds. The SMILES string of the molecule is Cc1cc(C(C)(C)C)c(-c2cccc3c2-c2c-3c(-c3c(C(C)(C)C)cc(C)cc3C(C)(C)C)c(-c3c(C(C)(C)C)cc(C)cc3C(C)(C)C)c(-c3c(C(C)(C)C)cc(C)cc3C(C)(C)C)c2P(O)OP(O)O)c(C(C)(C)C)c1. The van der Waals surface area contributed by atoms with Crippen LogP contribution in [0, 0.1) is 27.7 Å². The van der Waals surface area contributed by atoms with Crippen molar-refractivity contribution in [1.29, 1.82) is 0 Å². The maximum Gasteiger partial charge on any atom is 0.332 e. The second kappa shape index (κ2) is 20.2. The van der Waals surface area contributed by atoms with Crippen LogP contribution in [0.3, 0.4) is 0 Å². The van der Waals surface area contributed by atoms with Crippen molar-refractivity contribution in [3.63, 3.8) is 0 Å². The Kier molecular flexibility index (Phi) is 15.9. The first-order chi connectivity index (χ1) is 35.2. The van der Waals surface area contributed by atoms with Crippen molar-refractivity contribution in [2.75, 3.05) is 0 Å². The van der Waals surface area contributed by atoms with Gasteiger partial charge in [-0.05, 0) is 171 Å². The van der Waals surface area contributed by atoms with Crippen LogP contribution in [-0.4, -0.2) is 14.7 Å². The summed E-state index contributed by atoms with van der Waals surface area (Å²) in [4.78, 5) is 36.1. The van der Waals surface area contributed by atoms with Gasteiger partial charge in [0.05, 0.1) is 0 Å². The fourth-order valence-electron chi connectivity index (χ4n) is 12.4.